The SMILES string of the molecule is O=C(NC1CC(=O)N(c2ccccc2Cl)C1)c1cc(N2CCOCC2)no1. The van der Waals surface area contributed by atoms with Crippen molar-refractivity contribution in [1.29, 1.82) is 0 Å². The Morgan fingerprint density at radius 1 is 1.26 bits per heavy atom. The molecule has 0 aliphatic carbocycles. The van der Waals surface area contributed by atoms with Crippen molar-refractivity contribution in [2.75, 3.05) is 42.6 Å². The third-order valence-electron chi connectivity index (χ3n) is 4.66. The second-order valence-electron chi connectivity index (χ2n) is 6.48. The minimum absolute atomic E-state index is 0.0834. The number of ether oxygens (including phenoxy) is 1. The molecule has 0 radical (unpaired) electrons. The first kappa shape index (κ1) is 17.8. The van der Waals surface area contributed by atoms with E-state index in [9.17, 15) is 9.59 Å². The van der Waals surface area contributed by atoms with Crippen molar-refractivity contribution >= 4 is 34.9 Å². The van der Waals surface area contributed by atoms with Crippen LogP contribution >= 0.6 is 11.6 Å². The molecular weight excluding hydrogens is 372 g/mol. The Bertz CT molecular complexity index is 849. The van der Waals surface area contributed by atoms with Gasteiger partial charge in [0.25, 0.3) is 5.91 Å². The molecule has 1 unspecified atom stereocenters. The van der Waals surface area contributed by atoms with Crippen LogP contribution in [0.4, 0.5) is 11.5 Å². The summed E-state index contributed by atoms with van der Waals surface area (Å²) >= 11 is 6.18. The fourth-order valence-corrected chi connectivity index (χ4v) is 3.52. The lowest BCUT2D eigenvalue weighted by molar-refractivity contribution is -0.117. The lowest BCUT2D eigenvalue weighted by atomic mass is 10.2. The maximum Gasteiger partial charge on any atom is 0.290 e. The normalized spacial score (nSPS) is 20.2. The Balaban J connectivity index is 1.40. The second kappa shape index (κ2) is 7.58. The largest absolute Gasteiger partial charge is 0.378 e. The van der Waals surface area contributed by atoms with E-state index in [1.54, 1.807) is 23.1 Å². The van der Waals surface area contributed by atoms with E-state index in [0.717, 1.165) is 0 Å². The number of nitrogens with zero attached hydrogens (tertiary/aromatic N) is 3. The number of rotatable bonds is 4. The van der Waals surface area contributed by atoms with Crippen molar-refractivity contribution in [3.63, 3.8) is 0 Å². The van der Waals surface area contributed by atoms with Crippen LogP contribution < -0.4 is 15.1 Å². The maximum atomic E-state index is 12.5. The van der Waals surface area contributed by atoms with Gasteiger partial charge < -0.3 is 24.4 Å². The Labute approximate surface area is 161 Å². The molecule has 3 heterocycles. The van der Waals surface area contributed by atoms with Crippen LogP contribution in [0.15, 0.2) is 34.9 Å². The number of amides is 2. The molecule has 0 saturated carbocycles. The molecule has 1 aromatic carbocycles. The Kier molecular flexibility index (Phi) is 5.00. The molecule has 2 saturated heterocycles. The predicted molar refractivity (Wildman–Crippen MR) is 99.2 cm³/mol. The van der Waals surface area contributed by atoms with Gasteiger partial charge in [0.15, 0.2) is 5.82 Å². The summed E-state index contributed by atoms with van der Waals surface area (Å²) < 4.78 is 10.5. The number of anilines is 2. The predicted octanol–water partition coefficient (Wildman–Crippen LogP) is 1.70. The number of carbonyl (C=O) groups excluding carboxylic acids is 2. The van der Waals surface area contributed by atoms with Crippen LogP contribution in [0, 0.1) is 0 Å². The molecule has 0 spiro atoms. The Hall–Kier alpha value is -2.58. The molecule has 2 aliphatic heterocycles. The highest BCUT2D eigenvalue weighted by atomic mass is 35.5. The van der Waals surface area contributed by atoms with Crippen LogP contribution in [-0.2, 0) is 9.53 Å². The summed E-state index contributed by atoms with van der Waals surface area (Å²) in [4.78, 5) is 28.4. The molecule has 142 valence electrons. The summed E-state index contributed by atoms with van der Waals surface area (Å²) in [5.41, 5.74) is 0.648. The van der Waals surface area contributed by atoms with Gasteiger partial charge in [-0.15, -0.1) is 0 Å². The Morgan fingerprint density at radius 3 is 2.81 bits per heavy atom. The van der Waals surface area contributed by atoms with Gasteiger partial charge in [-0.25, -0.2) is 0 Å². The monoisotopic (exact) mass is 390 g/mol. The average Bonchev–Trinajstić information content (AvgIpc) is 3.30. The van der Waals surface area contributed by atoms with E-state index in [1.807, 2.05) is 17.0 Å². The highest BCUT2D eigenvalue weighted by Crippen LogP contribution is 2.29. The fourth-order valence-electron chi connectivity index (χ4n) is 3.28. The smallest absolute Gasteiger partial charge is 0.290 e. The molecule has 1 N–H and O–H groups in total. The van der Waals surface area contributed by atoms with E-state index >= 15 is 0 Å². The van der Waals surface area contributed by atoms with Crippen molar-refractivity contribution in [2.45, 2.75) is 12.5 Å². The van der Waals surface area contributed by atoms with E-state index in [4.69, 9.17) is 20.9 Å². The zero-order valence-corrected chi connectivity index (χ0v) is 15.3. The fraction of sp³-hybridized carbons (Fsp3) is 0.389. The van der Waals surface area contributed by atoms with Crippen LogP contribution in [0.1, 0.15) is 17.0 Å². The Morgan fingerprint density at radius 2 is 2.04 bits per heavy atom. The van der Waals surface area contributed by atoms with Crippen LogP contribution in [0.2, 0.25) is 5.02 Å². The summed E-state index contributed by atoms with van der Waals surface area (Å²) in [6.45, 7) is 3.01. The average molecular weight is 391 g/mol. The maximum absolute atomic E-state index is 12.5. The van der Waals surface area contributed by atoms with Gasteiger partial charge in [-0.3, -0.25) is 9.59 Å². The summed E-state index contributed by atoms with van der Waals surface area (Å²) in [6, 6.07) is 8.44. The van der Waals surface area contributed by atoms with Crippen molar-refractivity contribution < 1.29 is 18.8 Å². The number of aromatic nitrogens is 1. The van der Waals surface area contributed by atoms with Crippen LogP contribution in [0.5, 0.6) is 0 Å². The van der Waals surface area contributed by atoms with Crippen LogP contribution in [-0.4, -0.2) is 55.9 Å². The molecule has 4 rings (SSSR count). The van der Waals surface area contributed by atoms with Crippen molar-refractivity contribution in [3.8, 4) is 0 Å². The van der Waals surface area contributed by atoms with Crippen molar-refractivity contribution in [3.05, 3.63) is 41.1 Å². The third kappa shape index (κ3) is 3.77. The number of morpholine rings is 1. The zero-order chi connectivity index (χ0) is 18.8. The topological polar surface area (TPSA) is 87.9 Å². The number of carbonyl (C=O) groups is 2. The number of para-hydroxylation sites is 1. The van der Waals surface area contributed by atoms with Gasteiger partial charge in [0.05, 0.1) is 30.0 Å². The molecule has 8 nitrogen and oxygen atoms in total. The number of hydrogen-bond donors (Lipinski definition) is 1. The van der Waals surface area contributed by atoms with E-state index in [0.29, 0.717) is 49.4 Å². The van der Waals surface area contributed by atoms with Gasteiger partial charge in [0, 0.05) is 32.1 Å². The van der Waals surface area contributed by atoms with Gasteiger partial charge in [0.2, 0.25) is 11.7 Å². The summed E-state index contributed by atoms with van der Waals surface area (Å²) in [5, 5.41) is 7.31. The summed E-state index contributed by atoms with van der Waals surface area (Å²) in [5.74, 6) is 0.268. The number of nitrogens with one attached hydrogen (secondary N) is 1. The van der Waals surface area contributed by atoms with E-state index in [1.165, 1.54) is 0 Å². The van der Waals surface area contributed by atoms with Crippen LogP contribution in [0.3, 0.4) is 0 Å². The van der Waals surface area contributed by atoms with E-state index in [-0.39, 0.29) is 30.0 Å². The molecule has 27 heavy (non-hydrogen) atoms. The van der Waals surface area contributed by atoms with Gasteiger partial charge >= 0.3 is 0 Å². The molecule has 2 amide bonds. The highest BCUT2D eigenvalue weighted by Gasteiger charge is 2.33. The minimum atomic E-state index is -0.388. The second-order valence-corrected chi connectivity index (χ2v) is 6.89. The first-order chi connectivity index (χ1) is 13.1. The number of hydrogen-bond acceptors (Lipinski definition) is 6. The van der Waals surface area contributed by atoms with Crippen molar-refractivity contribution in [2.24, 2.45) is 0 Å². The highest BCUT2D eigenvalue weighted by molar-refractivity contribution is 6.33. The number of halogens is 1. The van der Waals surface area contributed by atoms with Gasteiger partial charge in [-0.2, -0.15) is 0 Å². The quantitative estimate of drug-likeness (QED) is 0.854. The van der Waals surface area contributed by atoms with E-state index < -0.39 is 0 Å². The molecule has 0 bridgehead atoms. The van der Waals surface area contributed by atoms with Crippen LogP contribution in [0.25, 0.3) is 0 Å². The first-order valence-corrected chi connectivity index (χ1v) is 9.15. The molecule has 1 aromatic heterocycles. The van der Waals surface area contributed by atoms with Gasteiger partial charge in [-0.1, -0.05) is 28.9 Å². The standard InChI is InChI=1S/C18H19ClN4O4/c19-13-3-1-2-4-14(13)23-11-12(9-17(23)24)20-18(25)15-10-16(21-27-15)22-5-7-26-8-6-22/h1-4,10,12H,5-9,11H2,(H,20,25). The molecule has 2 aromatic rings. The lowest BCUT2D eigenvalue weighted by Gasteiger charge is -2.25. The number of benzene rings is 1. The van der Waals surface area contributed by atoms with E-state index in [2.05, 4.69) is 10.5 Å². The third-order valence-corrected chi connectivity index (χ3v) is 4.98. The summed E-state index contributed by atoms with van der Waals surface area (Å²) in [7, 11) is 0. The lowest BCUT2D eigenvalue weighted by Crippen LogP contribution is -2.37. The molecule has 1 atom stereocenters. The molecular formula is C18H19ClN4O4. The van der Waals surface area contributed by atoms with Gasteiger partial charge in [0.1, 0.15) is 0 Å². The molecule has 9 heteroatoms. The van der Waals surface area contributed by atoms with Gasteiger partial charge in [-0.05, 0) is 12.1 Å². The zero-order valence-electron chi connectivity index (χ0n) is 14.6. The van der Waals surface area contributed by atoms with Crippen molar-refractivity contribution in [1.82, 2.24) is 10.5 Å². The minimum Gasteiger partial charge on any atom is -0.378 e. The molecule has 2 fully saturated rings. The first-order valence-electron chi connectivity index (χ1n) is 8.77. The summed E-state index contributed by atoms with van der Waals surface area (Å²) in [6.07, 6.45) is 0.210. The molecule has 2 aliphatic rings.